The molecule has 0 saturated heterocycles. The maximum Gasteiger partial charge on any atom is 0.190 e. The van der Waals surface area contributed by atoms with Crippen molar-refractivity contribution in [3.8, 4) is 28.3 Å². The first-order valence-corrected chi connectivity index (χ1v) is 7.82. The number of nitrogens with one attached hydrogen (secondary N) is 1. The molecule has 0 amide bonds. The van der Waals surface area contributed by atoms with E-state index in [0.717, 1.165) is 22.5 Å². The van der Waals surface area contributed by atoms with E-state index in [1.54, 1.807) is 23.0 Å². The number of rotatable bonds is 3. The number of H-pyrrole nitrogens is 1. The Morgan fingerprint density at radius 2 is 1.71 bits per heavy atom. The highest BCUT2D eigenvalue weighted by molar-refractivity contribution is 6.33. The summed E-state index contributed by atoms with van der Waals surface area (Å²) in [6, 6.07) is 14.8. The molecule has 2 aromatic carbocycles. The summed E-state index contributed by atoms with van der Waals surface area (Å²) in [4.78, 5) is 0. The molecule has 0 fully saturated rings. The number of hydrogen-bond donors (Lipinski definition) is 1. The van der Waals surface area contributed by atoms with E-state index in [4.69, 9.17) is 23.2 Å². The first kappa shape index (κ1) is 14.9. The van der Waals surface area contributed by atoms with Crippen LogP contribution in [0, 0.1) is 0 Å². The van der Waals surface area contributed by atoms with Gasteiger partial charge in [0.25, 0.3) is 0 Å². The number of halogens is 2. The van der Waals surface area contributed by atoms with Crippen LogP contribution in [0.2, 0.25) is 10.0 Å². The lowest BCUT2D eigenvalue weighted by atomic mass is 10.1. The second kappa shape index (κ2) is 6.07. The minimum absolute atomic E-state index is 0.556. The maximum absolute atomic E-state index is 6.30. The van der Waals surface area contributed by atoms with Gasteiger partial charge in [-0.3, -0.25) is 5.10 Å². The van der Waals surface area contributed by atoms with Crippen molar-refractivity contribution in [2.24, 2.45) is 0 Å². The van der Waals surface area contributed by atoms with Crippen LogP contribution in [0.15, 0.2) is 54.7 Å². The zero-order chi connectivity index (χ0) is 16.5. The molecule has 4 rings (SSSR count). The molecule has 1 N–H and O–H groups in total. The Balaban J connectivity index is 1.85. The SMILES string of the molecule is Clc1ccc(-n2nnnc2-c2cn[nH]c2-c2ccccc2Cl)cc1. The van der Waals surface area contributed by atoms with Crippen molar-refractivity contribution in [1.82, 2.24) is 30.4 Å². The molecule has 0 aliphatic rings. The van der Waals surface area contributed by atoms with Gasteiger partial charge in [0, 0.05) is 15.6 Å². The average molecular weight is 357 g/mol. The third-order valence-corrected chi connectivity index (χ3v) is 4.15. The van der Waals surface area contributed by atoms with Gasteiger partial charge in [0.05, 0.1) is 23.1 Å². The normalized spacial score (nSPS) is 10.9. The Morgan fingerprint density at radius 3 is 2.50 bits per heavy atom. The van der Waals surface area contributed by atoms with Gasteiger partial charge < -0.3 is 0 Å². The lowest BCUT2D eigenvalue weighted by Gasteiger charge is -2.06. The monoisotopic (exact) mass is 356 g/mol. The molecule has 8 heteroatoms. The molecule has 6 nitrogen and oxygen atoms in total. The zero-order valence-electron chi connectivity index (χ0n) is 12.2. The van der Waals surface area contributed by atoms with E-state index in [9.17, 15) is 0 Å². The quantitative estimate of drug-likeness (QED) is 0.601. The minimum Gasteiger partial charge on any atom is -0.277 e. The summed E-state index contributed by atoms with van der Waals surface area (Å²) in [5.74, 6) is 0.556. The van der Waals surface area contributed by atoms with Crippen LogP contribution in [-0.2, 0) is 0 Å². The second-order valence-corrected chi connectivity index (χ2v) is 5.87. The molecule has 4 aromatic rings. The topological polar surface area (TPSA) is 72.3 Å². The summed E-state index contributed by atoms with van der Waals surface area (Å²) in [5, 5.41) is 20.4. The number of aromatic nitrogens is 6. The number of tetrazole rings is 1. The highest BCUT2D eigenvalue weighted by Crippen LogP contribution is 2.33. The predicted molar refractivity (Wildman–Crippen MR) is 92.2 cm³/mol. The number of hydrogen-bond acceptors (Lipinski definition) is 4. The Labute approximate surface area is 147 Å². The molecule has 0 spiro atoms. The number of aromatic amines is 1. The lowest BCUT2D eigenvalue weighted by molar-refractivity contribution is 0.791. The zero-order valence-corrected chi connectivity index (χ0v) is 13.7. The van der Waals surface area contributed by atoms with Gasteiger partial charge in [-0.15, -0.1) is 5.10 Å². The largest absolute Gasteiger partial charge is 0.277 e. The molecule has 0 aliphatic carbocycles. The molecule has 0 aliphatic heterocycles. The van der Waals surface area contributed by atoms with Crippen LogP contribution in [0.3, 0.4) is 0 Å². The summed E-state index contributed by atoms with van der Waals surface area (Å²) in [7, 11) is 0. The Bertz CT molecular complexity index is 990. The molecule has 0 unspecified atom stereocenters. The van der Waals surface area contributed by atoms with Crippen molar-refractivity contribution in [3.05, 3.63) is 64.8 Å². The highest BCUT2D eigenvalue weighted by atomic mass is 35.5. The van der Waals surface area contributed by atoms with Crippen LogP contribution >= 0.6 is 23.2 Å². The van der Waals surface area contributed by atoms with Crippen molar-refractivity contribution < 1.29 is 0 Å². The van der Waals surface area contributed by atoms with E-state index < -0.39 is 0 Å². The van der Waals surface area contributed by atoms with E-state index in [2.05, 4.69) is 25.7 Å². The van der Waals surface area contributed by atoms with E-state index in [0.29, 0.717) is 15.9 Å². The van der Waals surface area contributed by atoms with Crippen LogP contribution in [0.4, 0.5) is 0 Å². The summed E-state index contributed by atoms with van der Waals surface area (Å²) >= 11 is 12.2. The van der Waals surface area contributed by atoms with E-state index >= 15 is 0 Å². The van der Waals surface area contributed by atoms with Crippen LogP contribution in [0.25, 0.3) is 28.3 Å². The third-order valence-electron chi connectivity index (χ3n) is 3.56. The Morgan fingerprint density at radius 1 is 0.917 bits per heavy atom. The fraction of sp³-hybridized carbons (Fsp3) is 0. The predicted octanol–water partition coefficient (Wildman–Crippen LogP) is 4.03. The van der Waals surface area contributed by atoms with E-state index in [-0.39, 0.29) is 0 Å². The Hall–Kier alpha value is -2.70. The van der Waals surface area contributed by atoms with Crippen LogP contribution in [0.1, 0.15) is 0 Å². The molecule has 2 aromatic heterocycles. The van der Waals surface area contributed by atoms with Crippen molar-refractivity contribution in [2.45, 2.75) is 0 Å². The van der Waals surface area contributed by atoms with Crippen LogP contribution in [-0.4, -0.2) is 30.4 Å². The summed E-state index contributed by atoms with van der Waals surface area (Å²) in [6.45, 7) is 0. The molecule has 0 bridgehead atoms. The summed E-state index contributed by atoms with van der Waals surface area (Å²) in [5.41, 5.74) is 3.14. The minimum atomic E-state index is 0.556. The van der Waals surface area contributed by atoms with Gasteiger partial charge in [-0.05, 0) is 40.8 Å². The number of nitrogens with zero attached hydrogens (tertiary/aromatic N) is 5. The smallest absolute Gasteiger partial charge is 0.190 e. The molecular formula is C16H10Cl2N6. The van der Waals surface area contributed by atoms with Gasteiger partial charge in [-0.1, -0.05) is 41.4 Å². The van der Waals surface area contributed by atoms with Crippen molar-refractivity contribution in [1.29, 1.82) is 0 Å². The lowest BCUT2D eigenvalue weighted by Crippen LogP contribution is -2.00. The average Bonchev–Trinajstić information content (AvgIpc) is 3.24. The molecular weight excluding hydrogens is 347 g/mol. The van der Waals surface area contributed by atoms with Crippen molar-refractivity contribution >= 4 is 23.2 Å². The van der Waals surface area contributed by atoms with Gasteiger partial charge in [-0.25, -0.2) is 0 Å². The fourth-order valence-electron chi connectivity index (χ4n) is 2.44. The fourth-order valence-corrected chi connectivity index (χ4v) is 2.79. The molecule has 0 radical (unpaired) electrons. The van der Waals surface area contributed by atoms with Crippen LogP contribution < -0.4 is 0 Å². The first-order chi connectivity index (χ1) is 11.7. The molecule has 0 saturated carbocycles. The van der Waals surface area contributed by atoms with Gasteiger partial charge in [0.15, 0.2) is 5.82 Å². The molecule has 24 heavy (non-hydrogen) atoms. The van der Waals surface area contributed by atoms with Gasteiger partial charge in [0.1, 0.15) is 0 Å². The van der Waals surface area contributed by atoms with Gasteiger partial charge in [0.2, 0.25) is 0 Å². The van der Waals surface area contributed by atoms with Crippen molar-refractivity contribution in [3.63, 3.8) is 0 Å². The number of benzene rings is 2. The van der Waals surface area contributed by atoms with Crippen LogP contribution in [0.5, 0.6) is 0 Å². The van der Waals surface area contributed by atoms with E-state index in [1.165, 1.54) is 0 Å². The Kier molecular flexibility index (Phi) is 3.76. The van der Waals surface area contributed by atoms with E-state index in [1.807, 2.05) is 36.4 Å². The third kappa shape index (κ3) is 2.55. The van der Waals surface area contributed by atoms with Gasteiger partial charge in [-0.2, -0.15) is 9.78 Å². The summed E-state index contributed by atoms with van der Waals surface area (Å²) in [6.07, 6.45) is 1.68. The molecule has 0 atom stereocenters. The molecule has 2 heterocycles. The summed E-state index contributed by atoms with van der Waals surface area (Å²) < 4.78 is 1.63. The van der Waals surface area contributed by atoms with Crippen molar-refractivity contribution in [2.75, 3.05) is 0 Å². The standard InChI is InChI=1S/C16H10Cl2N6/c17-10-5-7-11(8-6-10)24-16(21-22-23-24)13-9-19-20-15(13)12-3-1-2-4-14(12)18/h1-9H,(H,19,20). The maximum atomic E-state index is 6.30. The first-order valence-electron chi connectivity index (χ1n) is 7.07. The van der Waals surface area contributed by atoms with Gasteiger partial charge >= 0.3 is 0 Å². The second-order valence-electron chi connectivity index (χ2n) is 5.03. The molecule has 118 valence electrons. The highest BCUT2D eigenvalue weighted by Gasteiger charge is 2.18.